The highest BCUT2D eigenvalue weighted by Crippen LogP contribution is 2.22. The molecule has 1 saturated heterocycles. The van der Waals surface area contributed by atoms with Gasteiger partial charge >= 0.3 is 10.2 Å². The molecule has 0 bridgehead atoms. The van der Waals surface area contributed by atoms with Crippen molar-refractivity contribution < 1.29 is 13.5 Å². The van der Waals surface area contributed by atoms with Crippen molar-refractivity contribution in [2.75, 3.05) is 24.4 Å². The van der Waals surface area contributed by atoms with E-state index in [9.17, 15) is 8.42 Å². The average Bonchev–Trinajstić information content (AvgIpc) is 2.74. The van der Waals surface area contributed by atoms with Crippen LogP contribution in [0, 0.1) is 12.8 Å². The third-order valence-corrected chi connectivity index (χ3v) is 5.38. The maximum atomic E-state index is 12.1. The van der Waals surface area contributed by atoms with Gasteiger partial charge in [0.25, 0.3) is 0 Å². The fraction of sp³-hybridized carbons (Fsp3) is 0.700. The molecule has 0 amide bonds. The van der Waals surface area contributed by atoms with Crippen molar-refractivity contribution in [3.05, 3.63) is 11.1 Å². The predicted octanol–water partition coefficient (Wildman–Crippen LogP) is 0.813. The Morgan fingerprint density at radius 2 is 2.44 bits per heavy atom. The fourth-order valence-electron chi connectivity index (χ4n) is 1.97. The Kier molecular flexibility index (Phi) is 4.21. The topological polar surface area (TPSA) is 82.5 Å². The summed E-state index contributed by atoms with van der Waals surface area (Å²) in [4.78, 5) is 4.08. The molecular formula is C10H17N3O3S2. The van der Waals surface area contributed by atoms with Crippen LogP contribution in [0.25, 0.3) is 0 Å². The van der Waals surface area contributed by atoms with Crippen LogP contribution in [-0.2, 0) is 10.2 Å². The van der Waals surface area contributed by atoms with Crippen LogP contribution in [0.1, 0.15) is 18.5 Å². The summed E-state index contributed by atoms with van der Waals surface area (Å²) >= 11 is 1.27. The van der Waals surface area contributed by atoms with E-state index in [1.807, 2.05) is 6.92 Å². The molecule has 0 saturated carbocycles. The molecule has 8 heteroatoms. The van der Waals surface area contributed by atoms with Gasteiger partial charge in [-0.15, -0.1) is 11.3 Å². The summed E-state index contributed by atoms with van der Waals surface area (Å²) in [6.45, 7) is 2.71. The number of aliphatic hydroxyl groups excluding tert-OH is 1. The smallest absolute Gasteiger partial charge is 0.303 e. The summed E-state index contributed by atoms with van der Waals surface area (Å²) in [6, 6.07) is 0. The summed E-state index contributed by atoms with van der Waals surface area (Å²) in [5.41, 5.74) is 0.796. The first-order chi connectivity index (χ1) is 8.51. The van der Waals surface area contributed by atoms with Gasteiger partial charge in [0.2, 0.25) is 0 Å². The Balaban J connectivity index is 2.06. The highest BCUT2D eigenvalue weighted by molar-refractivity contribution is 7.90. The molecule has 2 N–H and O–H groups in total. The molecule has 18 heavy (non-hydrogen) atoms. The van der Waals surface area contributed by atoms with E-state index in [-0.39, 0.29) is 12.5 Å². The lowest BCUT2D eigenvalue weighted by Gasteiger charge is -2.30. The summed E-state index contributed by atoms with van der Waals surface area (Å²) in [6.07, 6.45) is 1.65. The maximum Gasteiger partial charge on any atom is 0.303 e. The van der Waals surface area contributed by atoms with Crippen molar-refractivity contribution >= 4 is 26.7 Å². The molecule has 0 aromatic carbocycles. The number of aromatic nitrogens is 1. The van der Waals surface area contributed by atoms with Crippen molar-refractivity contribution in [3.63, 3.8) is 0 Å². The van der Waals surface area contributed by atoms with Crippen molar-refractivity contribution in [2.24, 2.45) is 5.92 Å². The summed E-state index contributed by atoms with van der Waals surface area (Å²) in [5.74, 6) is 0.0355. The van der Waals surface area contributed by atoms with Crippen LogP contribution in [0.3, 0.4) is 0 Å². The largest absolute Gasteiger partial charge is 0.396 e. The highest BCUT2D eigenvalue weighted by atomic mass is 32.2. The van der Waals surface area contributed by atoms with Crippen molar-refractivity contribution in [1.82, 2.24) is 9.29 Å². The Morgan fingerprint density at radius 3 is 3.06 bits per heavy atom. The van der Waals surface area contributed by atoms with Crippen LogP contribution in [0.2, 0.25) is 0 Å². The number of piperidine rings is 1. The van der Waals surface area contributed by atoms with Crippen LogP contribution in [0.5, 0.6) is 0 Å². The molecule has 0 spiro atoms. The van der Waals surface area contributed by atoms with Gasteiger partial charge < -0.3 is 5.11 Å². The van der Waals surface area contributed by atoms with Gasteiger partial charge in [-0.2, -0.15) is 12.7 Å². The van der Waals surface area contributed by atoms with E-state index >= 15 is 0 Å². The number of aryl methyl sites for hydroxylation is 1. The fourth-order valence-corrected chi connectivity index (χ4v) is 4.18. The molecule has 2 heterocycles. The Labute approximate surface area is 111 Å². The number of anilines is 1. The van der Waals surface area contributed by atoms with E-state index in [1.54, 1.807) is 5.38 Å². The molecule has 1 fully saturated rings. The van der Waals surface area contributed by atoms with Gasteiger partial charge in [-0.3, -0.25) is 0 Å². The van der Waals surface area contributed by atoms with Crippen molar-refractivity contribution in [1.29, 1.82) is 0 Å². The lowest BCUT2D eigenvalue weighted by Crippen LogP contribution is -2.43. The Bertz CT molecular complexity index is 500. The second kappa shape index (κ2) is 5.52. The molecule has 1 atom stereocenters. The monoisotopic (exact) mass is 291 g/mol. The number of nitrogens with one attached hydrogen (secondary N) is 1. The number of aliphatic hydroxyl groups is 1. The number of hydrogen-bond acceptors (Lipinski definition) is 5. The SMILES string of the molecule is Cc1csc(NS(=O)(=O)N2CCCC(CO)C2)n1. The zero-order chi connectivity index (χ0) is 13.2. The van der Waals surface area contributed by atoms with Gasteiger partial charge in [0.15, 0.2) is 5.13 Å². The first-order valence-electron chi connectivity index (χ1n) is 5.82. The van der Waals surface area contributed by atoms with Gasteiger partial charge in [0.05, 0.1) is 5.69 Å². The second-order valence-electron chi connectivity index (χ2n) is 4.45. The van der Waals surface area contributed by atoms with Gasteiger partial charge in [-0.25, -0.2) is 9.71 Å². The maximum absolute atomic E-state index is 12.1. The molecule has 102 valence electrons. The van der Waals surface area contributed by atoms with E-state index < -0.39 is 10.2 Å². The zero-order valence-electron chi connectivity index (χ0n) is 10.2. The first-order valence-corrected chi connectivity index (χ1v) is 8.14. The van der Waals surface area contributed by atoms with Crippen molar-refractivity contribution in [2.45, 2.75) is 19.8 Å². The van der Waals surface area contributed by atoms with Crippen LogP contribution >= 0.6 is 11.3 Å². The van der Waals surface area contributed by atoms with Crippen LogP contribution < -0.4 is 4.72 Å². The molecule has 1 aromatic heterocycles. The minimum absolute atomic E-state index is 0.0301. The summed E-state index contributed by atoms with van der Waals surface area (Å²) < 4.78 is 28.1. The second-order valence-corrected chi connectivity index (χ2v) is 6.98. The van der Waals surface area contributed by atoms with Crippen molar-refractivity contribution in [3.8, 4) is 0 Å². The molecule has 0 radical (unpaired) electrons. The molecule has 1 aromatic rings. The molecule has 0 aliphatic carbocycles. The van der Waals surface area contributed by atoms with Crippen LogP contribution in [-0.4, -0.2) is 42.5 Å². The Morgan fingerprint density at radius 1 is 1.67 bits per heavy atom. The van der Waals surface area contributed by atoms with E-state index in [0.717, 1.165) is 18.5 Å². The van der Waals surface area contributed by atoms with Gasteiger partial charge in [-0.05, 0) is 25.7 Å². The Hall–Kier alpha value is -0.700. The number of nitrogens with zero attached hydrogens (tertiary/aromatic N) is 2. The summed E-state index contributed by atoms with van der Waals surface area (Å²) in [7, 11) is -3.55. The van der Waals surface area contributed by atoms with E-state index in [1.165, 1.54) is 15.6 Å². The average molecular weight is 291 g/mol. The molecule has 2 rings (SSSR count). The third kappa shape index (κ3) is 3.19. The van der Waals surface area contributed by atoms with Gasteiger partial charge in [0.1, 0.15) is 0 Å². The lowest BCUT2D eigenvalue weighted by molar-refractivity contribution is 0.166. The molecule has 1 aliphatic rings. The standard InChI is InChI=1S/C10H17N3O3S2/c1-8-7-17-10(11-8)12-18(15,16)13-4-2-3-9(5-13)6-14/h7,9,14H,2-6H2,1H3,(H,11,12). The number of hydrogen-bond donors (Lipinski definition) is 2. The number of thiazole rings is 1. The quantitative estimate of drug-likeness (QED) is 0.860. The molecule has 6 nitrogen and oxygen atoms in total. The van der Waals surface area contributed by atoms with Crippen LogP contribution in [0.4, 0.5) is 5.13 Å². The highest BCUT2D eigenvalue weighted by Gasteiger charge is 2.29. The normalized spacial score (nSPS) is 22.0. The number of rotatable bonds is 4. The minimum Gasteiger partial charge on any atom is -0.396 e. The van der Waals surface area contributed by atoms with E-state index in [0.29, 0.717) is 18.2 Å². The van der Waals surface area contributed by atoms with Crippen LogP contribution in [0.15, 0.2) is 5.38 Å². The third-order valence-electron chi connectivity index (χ3n) is 2.92. The van der Waals surface area contributed by atoms with E-state index in [2.05, 4.69) is 9.71 Å². The zero-order valence-corrected chi connectivity index (χ0v) is 11.8. The van der Waals surface area contributed by atoms with Gasteiger partial charge in [-0.1, -0.05) is 0 Å². The minimum atomic E-state index is -3.55. The predicted molar refractivity (Wildman–Crippen MR) is 70.8 cm³/mol. The molecule has 1 unspecified atom stereocenters. The first kappa shape index (κ1) is 13.7. The summed E-state index contributed by atoms with van der Waals surface area (Å²) in [5, 5.41) is 11.3. The molecule has 1 aliphatic heterocycles. The lowest BCUT2D eigenvalue weighted by atomic mass is 10.0. The van der Waals surface area contributed by atoms with E-state index in [4.69, 9.17) is 5.11 Å². The molecular weight excluding hydrogens is 274 g/mol. The van der Waals surface area contributed by atoms with Gasteiger partial charge in [0, 0.05) is 25.1 Å².